The second-order valence-corrected chi connectivity index (χ2v) is 4.20. The first-order valence-corrected chi connectivity index (χ1v) is 6.33. The number of hydrogen-bond acceptors (Lipinski definition) is 4. The molecule has 0 aliphatic rings. The molecule has 0 heterocycles. The van der Waals surface area contributed by atoms with Gasteiger partial charge in [0.05, 0.1) is 6.61 Å². The average molecular weight is 274 g/mol. The van der Waals surface area contributed by atoms with Gasteiger partial charge in [0.15, 0.2) is 0 Å². The molecule has 0 spiro atoms. The van der Waals surface area contributed by atoms with Crippen LogP contribution in [0, 0.1) is 0 Å². The normalized spacial score (nSPS) is 10.6. The van der Waals surface area contributed by atoms with Gasteiger partial charge in [0.25, 0.3) is 0 Å². The minimum absolute atomic E-state index is 0.407. The molecule has 0 fully saturated rings. The highest BCUT2D eigenvalue weighted by molar-refractivity contribution is 6.30. The van der Waals surface area contributed by atoms with Gasteiger partial charge in [0, 0.05) is 37.5 Å². The van der Waals surface area contributed by atoms with Gasteiger partial charge in [-0.3, -0.25) is 0 Å². The molecule has 0 amide bonds. The molecular formula is C13H20ClNO3. The number of ether oxygens (including phenoxy) is 3. The number of hydrogen-bond donors (Lipinski definition) is 1. The zero-order chi connectivity index (χ0) is 13.2. The third-order valence-electron chi connectivity index (χ3n) is 2.36. The molecule has 2 N–H and O–H groups in total. The summed E-state index contributed by atoms with van der Waals surface area (Å²) in [5, 5.41) is 0.665. The topological polar surface area (TPSA) is 53.7 Å². The summed E-state index contributed by atoms with van der Waals surface area (Å²) in [6.07, 6.45) is 0.894. The number of methoxy groups -OCH3 is 1. The van der Waals surface area contributed by atoms with Crippen molar-refractivity contribution in [2.45, 2.75) is 13.0 Å². The van der Waals surface area contributed by atoms with E-state index in [1.165, 1.54) is 0 Å². The highest BCUT2D eigenvalue weighted by Gasteiger charge is 2.02. The van der Waals surface area contributed by atoms with E-state index in [2.05, 4.69) is 0 Å². The van der Waals surface area contributed by atoms with Crippen molar-refractivity contribution in [1.82, 2.24) is 0 Å². The fourth-order valence-electron chi connectivity index (χ4n) is 1.47. The fourth-order valence-corrected chi connectivity index (χ4v) is 1.66. The standard InChI is InChI=1S/C13H20ClNO3/c1-16-5-2-6-17-7-8-18-13-4-3-12(14)9-11(13)10-15/h3-4,9H,2,5-8,10,15H2,1H3. The molecule has 5 heteroatoms. The Morgan fingerprint density at radius 3 is 2.72 bits per heavy atom. The molecule has 0 unspecified atom stereocenters. The second kappa shape index (κ2) is 9.16. The molecule has 18 heavy (non-hydrogen) atoms. The van der Waals surface area contributed by atoms with Crippen molar-refractivity contribution in [1.29, 1.82) is 0 Å². The van der Waals surface area contributed by atoms with Crippen LogP contribution < -0.4 is 10.5 Å². The Balaban J connectivity index is 2.22. The molecule has 0 saturated heterocycles. The number of nitrogens with two attached hydrogens (primary N) is 1. The summed E-state index contributed by atoms with van der Waals surface area (Å²) in [5.74, 6) is 0.766. The van der Waals surface area contributed by atoms with Gasteiger partial charge in [0.1, 0.15) is 12.4 Å². The van der Waals surface area contributed by atoms with Gasteiger partial charge in [-0.05, 0) is 24.6 Å². The highest BCUT2D eigenvalue weighted by atomic mass is 35.5. The summed E-state index contributed by atoms with van der Waals surface area (Å²) in [5.41, 5.74) is 6.53. The van der Waals surface area contributed by atoms with E-state index < -0.39 is 0 Å². The molecule has 0 radical (unpaired) electrons. The molecule has 1 aromatic carbocycles. The first-order valence-electron chi connectivity index (χ1n) is 5.96. The molecule has 0 aliphatic carbocycles. The van der Waals surface area contributed by atoms with E-state index in [0.29, 0.717) is 31.4 Å². The maximum absolute atomic E-state index is 5.88. The number of benzene rings is 1. The maximum atomic E-state index is 5.88. The Morgan fingerprint density at radius 2 is 2.00 bits per heavy atom. The third-order valence-corrected chi connectivity index (χ3v) is 2.60. The molecule has 0 saturated carbocycles. The van der Waals surface area contributed by atoms with Crippen LogP contribution in [0.3, 0.4) is 0 Å². The summed E-state index contributed by atoms with van der Waals surface area (Å²) >= 11 is 5.88. The third kappa shape index (κ3) is 5.69. The van der Waals surface area contributed by atoms with Crippen molar-refractivity contribution in [3.05, 3.63) is 28.8 Å². The van der Waals surface area contributed by atoms with E-state index in [1.807, 2.05) is 12.1 Å². The number of halogens is 1. The quantitative estimate of drug-likeness (QED) is 0.701. The summed E-state index contributed by atoms with van der Waals surface area (Å²) < 4.78 is 15.9. The summed E-state index contributed by atoms with van der Waals surface area (Å²) in [6, 6.07) is 5.43. The van der Waals surface area contributed by atoms with Gasteiger partial charge in [0.2, 0.25) is 0 Å². The molecule has 1 aromatic rings. The van der Waals surface area contributed by atoms with Crippen LogP contribution in [0.1, 0.15) is 12.0 Å². The van der Waals surface area contributed by atoms with E-state index in [0.717, 1.165) is 24.3 Å². The lowest BCUT2D eigenvalue weighted by atomic mass is 10.2. The largest absolute Gasteiger partial charge is 0.491 e. The number of rotatable bonds is 9. The smallest absolute Gasteiger partial charge is 0.124 e. The van der Waals surface area contributed by atoms with E-state index in [1.54, 1.807) is 13.2 Å². The van der Waals surface area contributed by atoms with Crippen molar-refractivity contribution in [3.63, 3.8) is 0 Å². The maximum Gasteiger partial charge on any atom is 0.124 e. The van der Waals surface area contributed by atoms with E-state index in [9.17, 15) is 0 Å². The van der Waals surface area contributed by atoms with Crippen LogP contribution in [0.4, 0.5) is 0 Å². The zero-order valence-electron chi connectivity index (χ0n) is 10.7. The molecule has 0 atom stereocenters. The van der Waals surface area contributed by atoms with Crippen molar-refractivity contribution in [2.24, 2.45) is 5.73 Å². The predicted octanol–water partition coefficient (Wildman–Crippen LogP) is 2.23. The summed E-state index contributed by atoms with van der Waals surface area (Å²) in [6.45, 7) is 2.86. The van der Waals surface area contributed by atoms with Crippen LogP contribution >= 0.6 is 11.6 Å². The first-order chi connectivity index (χ1) is 8.77. The molecule has 4 nitrogen and oxygen atoms in total. The first kappa shape index (κ1) is 15.2. The Kier molecular flexibility index (Phi) is 7.76. The zero-order valence-corrected chi connectivity index (χ0v) is 11.4. The van der Waals surface area contributed by atoms with E-state index >= 15 is 0 Å². The van der Waals surface area contributed by atoms with Crippen molar-refractivity contribution in [2.75, 3.05) is 33.5 Å². The van der Waals surface area contributed by atoms with Crippen LogP contribution in [-0.2, 0) is 16.0 Å². The minimum atomic E-state index is 0.407. The van der Waals surface area contributed by atoms with Crippen LogP contribution in [0.2, 0.25) is 5.02 Å². The molecule has 0 aliphatic heterocycles. The fraction of sp³-hybridized carbons (Fsp3) is 0.538. The summed E-state index contributed by atoms with van der Waals surface area (Å²) in [4.78, 5) is 0. The highest BCUT2D eigenvalue weighted by Crippen LogP contribution is 2.22. The Labute approximate surface area is 113 Å². The van der Waals surface area contributed by atoms with E-state index in [-0.39, 0.29) is 0 Å². The van der Waals surface area contributed by atoms with Crippen LogP contribution in [-0.4, -0.2) is 33.5 Å². The summed E-state index contributed by atoms with van der Waals surface area (Å²) in [7, 11) is 1.68. The van der Waals surface area contributed by atoms with Crippen LogP contribution in [0.5, 0.6) is 5.75 Å². The molecule has 1 rings (SSSR count). The SMILES string of the molecule is COCCCOCCOc1ccc(Cl)cc1CN. The van der Waals surface area contributed by atoms with Crippen molar-refractivity contribution >= 4 is 11.6 Å². The van der Waals surface area contributed by atoms with Gasteiger partial charge < -0.3 is 19.9 Å². The Morgan fingerprint density at radius 1 is 1.17 bits per heavy atom. The van der Waals surface area contributed by atoms with Crippen LogP contribution in [0.15, 0.2) is 18.2 Å². The Bertz CT molecular complexity index is 347. The Hall–Kier alpha value is -0.810. The lowest BCUT2D eigenvalue weighted by Gasteiger charge is -2.11. The van der Waals surface area contributed by atoms with Gasteiger partial charge >= 0.3 is 0 Å². The monoisotopic (exact) mass is 273 g/mol. The van der Waals surface area contributed by atoms with Gasteiger partial charge in [-0.15, -0.1) is 0 Å². The van der Waals surface area contributed by atoms with Crippen molar-refractivity contribution in [3.8, 4) is 5.75 Å². The van der Waals surface area contributed by atoms with Crippen LogP contribution in [0.25, 0.3) is 0 Å². The predicted molar refractivity (Wildman–Crippen MR) is 72.2 cm³/mol. The lowest BCUT2D eigenvalue weighted by molar-refractivity contribution is 0.0804. The van der Waals surface area contributed by atoms with Gasteiger partial charge in [-0.1, -0.05) is 11.6 Å². The van der Waals surface area contributed by atoms with Gasteiger partial charge in [-0.2, -0.15) is 0 Å². The minimum Gasteiger partial charge on any atom is -0.491 e. The molecule has 0 bridgehead atoms. The molecule has 102 valence electrons. The molecular weight excluding hydrogens is 254 g/mol. The van der Waals surface area contributed by atoms with Crippen molar-refractivity contribution < 1.29 is 14.2 Å². The second-order valence-electron chi connectivity index (χ2n) is 3.76. The average Bonchev–Trinajstić information content (AvgIpc) is 2.39. The molecule has 0 aromatic heterocycles. The van der Waals surface area contributed by atoms with E-state index in [4.69, 9.17) is 31.5 Å². The van der Waals surface area contributed by atoms with Gasteiger partial charge in [-0.25, -0.2) is 0 Å². The lowest BCUT2D eigenvalue weighted by Crippen LogP contribution is -2.10.